The Labute approximate surface area is 85.8 Å². The third kappa shape index (κ3) is 1.38. The van der Waals surface area contributed by atoms with Crippen LogP contribution in [0.1, 0.15) is 27.2 Å². The third-order valence-electron chi connectivity index (χ3n) is 3.84. The fraction of sp³-hybridized carbons (Fsp3) is 1.00. The summed E-state index contributed by atoms with van der Waals surface area (Å²) in [5.41, 5.74) is 0.227. The highest BCUT2D eigenvalue weighted by Crippen LogP contribution is 2.52. The van der Waals surface area contributed by atoms with Gasteiger partial charge in [0, 0.05) is 30.0 Å². The lowest BCUT2D eigenvalue weighted by Crippen LogP contribution is -2.67. The molecular weight excluding hydrogens is 178 g/mol. The third-order valence-corrected chi connectivity index (χ3v) is 3.84. The first-order chi connectivity index (χ1) is 6.57. The normalized spacial score (nSPS) is 41.6. The molecule has 3 nitrogen and oxygen atoms in total. The van der Waals surface area contributed by atoms with Crippen molar-refractivity contribution in [2.24, 2.45) is 11.3 Å². The van der Waals surface area contributed by atoms with Crippen molar-refractivity contribution < 1.29 is 9.84 Å². The van der Waals surface area contributed by atoms with Gasteiger partial charge in [-0.15, -0.1) is 0 Å². The zero-order chi connectivity index (χ0) is 10.3. The predicted octanol–water partition coefficient (Wildman–Crippen LogP) is 0.770. The standard InChI is InChI=1S/C11H21NO2/c1-7(6-13)12-9-8-4-5-14-10(8)11(9,2)3/h7-10,12-13H,4-6H2,1-3H3/t7-,8?,9?,10?/m0/s1. The zero-order valence-corrected chi connectivity index (χ0v) is 9.29. The number of rotatable bonds is 3. The van der Waals surface area contributed by atoms with E-state index in [4.69, 9.17) is 9.84 Å². The van der Waals surface area contributed by atoms with Gasteiger partial charge in [0.1, 0.15) is 0 Å². The molecule has 14 heavy (non-hydrogen) atoms. The van der Waals surface area contributed by atoms with Gasteiger partial charge in [0.05, 0.1) is 12.7 Å². The predicted molar refractivity (Wildman–Crippen MR) is 55.1 cm³/mol. The van der Waals surface area contributed by atoms with Crippen molar-refractivity contribution in [3.63, 3.8) is 0 Å². The molecule has 0 radical (unpaired) electrons. The Balaban J connectivity index is 1.98. The highest BCUT2D eigenvalue weighted by Gasteiger charge is 2.59. The molecule has 0 spiro atoms. The molecule has 1 heterocycles. The smallest absolute Gasteiger partial charge is 0.0685 e. The summed E-state index contributed by atoms with van der Waals surface area (Å²) < 4.78 is 5.71. The first-order valence-electron chi connectivity index (χ1n) is 5.56. The molecule has 1 saturated heterocycles. The molecule has 0 amide bonds. The monoisotopic (exact) mass is 199 g/mol. The van der Waals surface area contributed by atoms with Gasteiger partial charge in [0.25, 0.3) is 0 Å². The number of nitrogens with one attached hydrogen (secondary N) is 1. The van der Waals surface area contributed by atoms with E-state index in [0.29, 0.717) is 18.1 Å². The Kier molecular flexibility index (Phi) is 2.58. The van der Waals surface area contributed by atoms with Gasteiger partial charge in [-0.25, -0.2) is 0 Å². The highest BCUT2D eigenvalue weighted by molar-refractivity contribution is 5.11. The fourth-order valence-electron chi connectivity index (χ4n) is 3.02. The quantitative estimate of drug-likeness (QED) is 0.705. The molecule has 2 N–H and O–H groups in total. The molecule has 0 aromatic carbocycles. The van der Waals surface area contributed by atoms with E-state index < -0.39 is 0 Å². The average Bonchev–Trinajstić information content (AvgIpc) is 2.60. The summed E-state index contributed by atoms with van der Waals surface area (Å²) >= 11 is 0. The summed E-state index contributed by atoms with van der Waals surface area (Å²) in [7, 11) is 0. The number of ether oxygens (including phenoxy) is 1. The maximum atomic E-state index is 9.02. The lowest BCUT2D eigenvalue weighted by atomic mass is 9.57. The summed E-state index contributed by atoms with van der Waals surface area (Å²) in [6.45, 7) is 7.65. The molecule has 0 aromatic rings. The molecule has 3 heteroatoms. The SMILES string of the molecule is C[C@@H](CO)NC1C2CCOC2C1(C)C. The molecule has 3 unspecified atom stereocenters. The maximum absolute atomic E-state index is 9.02. The zero-order valence-electron chi connectivity index (χ0n) is 9.29. The summed E-state index contributed by atoms with van der Waals surface area (Å²) in [5, 5.41) is 12.5. The largest absolute Gasteiger partial charge is 0.395 e. The van der Waals surface area contributed by atoms with Crippen molar-refractivity contribution in [1.82, 2.24) is 5.32 Å². The molecule has 0 bridgehead atoms. The molecule has 2 rings (SSSR count). The Morgan fingerprint density at radius 3 is 2.93 bits per heavy atom. The lowest BCUT2D eigenvalue weighted by molar-refractivity contribution is -0.116. The fourth-order valence-corrected chi connectivity index (χ4v) is 3.02. The summed E-state index contributed by atoms with van der Waals surface area (Å²) in [5.74, 6) is 0.666. The van der Waals surface area contributed by atoms with Crippen LogP contribution in [0.2, 0.25) is 0 Å². The van der Waals surface area contributed by atoms with Gasteiger partial charge in [0.15, 0.2) is 0 Å². The van der Waals surface area contributed by atoms with E-state index in [-0.39, 0.29) is 18.1 Å². The first kappa shape index (κ1) is 10.4. The van der Waals surface area contributed by atoms with Crippen LogP contribution < -0.4 is 5.32 Å². The molecule has 2 aliphatic rings. The molecule has 1 aliphatic carbocycles. The number of aliphatic hydroxyl groups excluding tert-OH is 1. The summed E-state index contributed by atoms with van der Waals surface area (Å²) in [6.07, 6.45) is 1.61. The summed E-state index contributed by atoms with van der Waals surface area (Å²) in [4.78, 5) is 0. The van der Waals surface area contributed by atoms with Crippen molar-refractivity contribution in [3.05, 3.63) is 0 Å². The van der Waals surface area contributed by atoms with Crippen molar-refractivity contribution in [1.29, 1.82) is 0 Å². The van der Waals surface area contributed by atoms with Gasteiger partial charge in [-0.05, 0) is 13.3 Å². The Morgan fingerprint density at radius 2 is 2.29 bits per heavy atom. The van der Waals surface area contributed by atoms with Gasteiger partial charge >= 0.3 is 0 Å². The van der Waals surface area contributed by atoms with Crippen LogP contribution in [0, 0.1) is 11.3 Å². The number of hydrogen-bond donors (Lipinski definition) is 2. The minimum absolute atomic E-state index is 0.195. The van der Waals surface area contributed by atoms with E-state index in [0.717, 1.165) is 6.61 Å². The van der Waals surface area contributed by atoms with Gasteiger partial charge in [-0.3, -0.25) is 0 Å². The van der Waals surface area contributed by atoms with Crippen LogP contribution in [0.15, 0.2) is 0 Å². The Hall–Kier alpha value is -0.120. The molecule has 1 saturated carbocycles. The second-order valence-corrected chi connectivity index (χ2v) is 5.29. The lowest BCUT2D eigenvalue weighted by Gasteiger charge is -2.55. The van der Waals surface area contributed by atoms with E-state index in [2.05, 4.69) is 19.2 Å². The van der Waals surface area contributed by atoms with Crippen LogP contribution >= 0.6 is 0 Å². The molecule has 82 valence electrons. The van der Waals surface area contributed by atoms with Crippen LogP contribution in [-0.4, -0.2) is 36.5 Å². The van der Waals surface area contributed by atoms with Crippen molar-refractivity contribution in [3.8, 4) is 0 Å². The van der Waals surface area contributed by atoms with Gasteiger partial charge in [0.2, 0.25) is 0 Å². The number of fused-ring (bicyclic) bond motifs is 1. The van der Waals surface area contributed by atoms with E-state index in [1.54, 1.807) is 0 Å². The minimum atomic E-state index is 0.195. The van der Waals surface area contributed by atoms with E-state index in [9.17, 15) is 0 Å². The van der Waals surface area contributed by atoms with E-state index >= 15 is 0 Å². The van der Waals surface area contributed by atoms with E-state index in [1.165, 1.54) is 6.42 Å². The van der Waals surface area contributed by atoms with E-state index in [1.807, 2.05) is 6.92 Å². The van der Waals surface area contributed by atoms with Gasteiger partial charge in [-0.2, -0.15) is 0 Å². The topological polar surface area (TPSA) is 41.5 Å². The Morgan fingerprint density at radius 1 is 1.57 bits per heavy atom. The summed E-state index contributed by atoms with van der Waals surface area (Å²) in [6, 6.07) is 0.706. The molecular formula is C11H21NO2. The number of aliphatic hydroxyl groups is 1. The number of hydrogen-bond acceptors (Lipinski definition) is 3. The van der Waals surface area contributed by atoms with Crippen LogP contribution in [-0.2, 0) is 4.74 Å². The molecule has 0 aromatic heterocycles. The van der Waals surface area contributed by atoms with Crippen LogP contribution in [0.25, 0.3) is 0 Å². The van der Waals surface area contributed by atoms with Crippen molar-refractivity contribution >= 4 is 0 Å². The molecule has 1 aliphatic heterocycles. The minimum Gasteiger partial charge on any atom is -0.395 e. The second-order valence-electron chi connectivity index (χ2n) is 5.29. The first-order valence-corrected chi connectivity index (χ1v) is 5.56. The van der Waals surface area contributed by atoms with Gasteiger partial charge in [-0.1, -0.05) is 13.8 Å². The van der Waals surface area contributed by atoms with Crippen molar-refractivity contribution in [2.75, 3.05) is 13.2 Å². The Bertz CT molecular complexity index is 217. The molecule has 4 atom stereocenters. The average molecular weight is 199 g/mol. The molecule has 2 fully saturated rings. The van der Waals surface area contributed by atoms with Crippen LogP contribution in [0.5, 0.6) is 0 Å². The van der Waals surface area contributed by atoms with Gasteiger partial charge < -0.3 is 15.2 Å². The highest BCUT2D eigenvalue weighted by atomic mass is 16.5. The maximum Gasteiger partial charge on any atom is 0.0685 e. The van der Waals surface area contributed by atoms with Crippen LogP contribution in [0.4, 0.5) is 0 Å². The second kappa shape index (κ2) is 3.47. The van der Waals surface area contributed by atoms with Crippen molar-refractivity contribution in [2.45, 2.75) is 45.4 Å². The van der Waals surface area contributed by atoms with Crippen LogP contribution in [0.3, 0.4) is 0 Å².